The zero-order valence-corrected chi connectivity index (χ0v) is 14.1. The summed E-state index contributed by atoms with van der Waals surface area (Å²) < 4.78 is 0. The molecule has 0 amide bonds. The van der Waals surface area contributed by atoms with Gasteiger partial charge in [0.1, 0.15) is 0 Å². The molecule has 2 aromatic heterocycles. The molecule has 0 aliphatic carbocycles. The maximum atomic E-state index is 11.0. The maximum Gasteiger partial charge on any atom is 0.306 e. The summed E-state index contributed by atoms with van der Waals surface area (Å²) in [6.07, 6.45) is 7.42. The Kier molecular flexibility index (Phi) is 5.67. The van der Waals surface area contributed by atoms with Crippen LogP contribution in [0, 0.1) is 5.92 Å². The largest absolute Gasteiger partial charge is 0.481 e. The van der Waals surface area contributed by atoms with Crippen molar-refractivity contribution in [3.05, 3.63) is 42.4 Å². The van der Waals surface area contributed by atoms with Gasteiger partial charge in [0, 0.05) is 17.8 Å². The summed E-state index contributed by atoms with van der Waals surface area (Å²) in [6, 6.07) is 5.75. The molecule has 2 aromatic rings. The highest BCUT2D eigenvalue weighted by Crippen LogP contribution is 2.21. The van der Waals surface area contributed by atoms with E-state index in [0.29, 0.717) is 0 Å². The highest BCUT2D eigenvalue weighted by atomic mass is 16.4. The Morgan fingerprint density at radius 3 is 2.64 bits per heavy atom. The van der Waals surface area contributed by atoms with Crippen LogP contribution in [0.1, 0.15) is 30.9 Å². The molecule has 1 saturated heterocycles. The number of nitrogens with two attached hydrogens (primary N) is 1. The number of aliphatic carboxylic acids is 1. The van der Waals surface area contributed by atoms with Crippen LogP contribution >= 0.6 is 0 Å². The number of pyridine rings is 1. The third-order valence-electron chi connectivity index (χ3n) is 4.79. The van der Waals surface area contributed by atoms with E-state index in [4.69, 9.17) is 10.8 Å². The van der Waals surface area contributed by atoms with Crippen molar-refractivity contribution in [2.45, 2.75) is 25.3 Å². The molecule has 132 valence electrons. The predicted octanol–water partition coefficient (Wildman–Crippen LogP) is 1.73. The van der Waals surface area contributed by atoms with Crippen molar-refractivity contribution in [3.63, 3.8) is 0 Å². The Labute approximate surface area is 146 Å². The van der Waals surface area contributed by atoms with E-state index < -0.39 is 5.97 Å². The van der Waals surface area contributed by atoms with Gasteiger partial charge in [-0.2, -0.15) is 10.2 Å². The fourth-order valence-electron chi connectivity index (χ4n) is 3.13. The van der Waals surface area contributed by atoms with Gasteiger partial charge in [0.2, 0.25) is 0 Å². The van der Waals surface area contributed by atoms with Crippen molar-refractivity contribution in [2.75, 3.05) is 19.6 Å². The molecule has 0 spiro atoms. The number of piperidine rings is 1. The van der Waals surface area contributed by atoms with Gasteiger partial charge >= 0.3 is 5.97 Å². The lowest BCUT2D eigenvalue weighted by molar-refractivity contribution is -0.143. The maximum absolute atomic E-state index is 11.0. The van der Waals surface area contributed by atoms with Crippen LogP contribution in [0.25, 0.3) is 11.3 Å². The minimum absolute atomic E-state index is 0.0747. The molecule has 1 fully saturated rings. The lowest BCUT2D eigenvalue weighted by Gasteiger charge is -2.30. The molecule has 7 nitrogen and oxygen atoms in total. The number of carbonyl (C=O) groups is 1. The Morgan fingerprint density at radius 2 is 2.04 bits per heavy atom. The zero-order chi connectivity index (χ0) is 17.6. The molecule has 3 rings (SSSR count). The number of nitrogens with zero attached hydrogens (tertiary/aromatic N) is 4. The second-order valence-electron chi connectivity index (χ2n) is 6.46. The molecule has 7 heteroatoms. The molecule has 3 heterocycles. The highest BCUT2D eigenvalue weighted by molar-refractivity contribution is 5.70. The first kappa shape index (κ1) is 17.4. The monoisotopic (exact) mass is 341 g/mol. The Bertz CT molecular complexity index is 684. The van der Waals surface area contributed by atoms with Crippen molar-refractivity contribution in [1.82, 2.24) is 20.1 Å². The van der Waals surface area contributed by atoms with Gasteiger partial charge in [-0.05, 0) is 56.6 Å². The predicted molar refractivity (Wildman–Crippen MR) is 93.6 cm³/mol. The van der Waals surface area contributed by atoms with Crippen LogP contribution in [0.15, 0.2) is 36.8 Å². The fraction of sp³-hybridized carbons (Fsp3) is 0.444. The minimum atomic E-state index is -0.674. The van der Waals surface area contributed by atoms with Crippen LogP contribution in [0.4, 0.5) is 0 Å². The van der Waals surface area contributed by atoms with Crippen LogP contribution in [-0.2, 0) is 4.79 Å². The number of hydrogen-bond donors (Lipinski definition) is 2. The number of hydrogen-bond acceptors (Lipinski definition) is 6. The van der Waals surface area contributed by atoms with Crippen LogP contribution in [-0.4, -0.2) is 50.8 Å². The van der Waals surface area contributed by atoms with Gasteiger partial charge in [-0.1, -0.05) is 6.07 Å². The van der Waals surface area contributed by atoms with Crippen LogP contribution in [0.5, 0.6) is 0 Å². The average molecular weight is 341 g/mol. The third-order valence-corrected chi connectivity index (χ3v) is 4.79. The molecule has 0 unspecified atom stereocenters. The summed E-state index contributed by atoms with van der Waals surface area (Å²) in [6.45, 7) is 2.54. The second-order valence-corrected chi connectivity index (χ2v) is 6.46. The van der Waals surface area contributed by atoms with E-state index in [1.807, 2.05) is 24.4 Å². The van der Waals surface area contributed by atoms with Gasteiger partial charge in [0.25, 0.3) is 0 Å². The Morgan fingerprint density at radius 1 is 1.24 bits per heavy atom. The summed E-state index contributed by atoms with van der Waals surface area (Å²) >= 11 is 0. The van der Waals surface area contributed by atoms with Gasteiger partial charge in [-0.15, -0.1) is 0 Å². The zero-order valence-electron chi connectivity index (χ0n) is 14.1. The molecule has 1 atom stereocenters. The average Bonchev–Trinajstić information content (AvgIpc) is 2.67. The van der Waals surface area contributed by atoms with Crippen LogP contribution in [0.3, 0.4) is 0 Å². The van der Waals surface area contributed by atoms with Gasteiger partial charge in [0.05, 0.1) is 24.0 Å². The van der Waals surface area contributed by atoms with Gasteiger partial charge < -0.3 is 15.7 Å². The molecule has 1 aliphatic heterocycles. The molecule has 0 saturated carbocycles. The number of carboxylic acid groups (broad SMARTS) is 1. The van der Waals surface area contributed by atoms with Crippen molar-refractivity contribution in [3.8, 4) is 11.3 Å². The third kappa shape index (κ3) is 4.58. The van der Waals surface area contributed by atoms with E-state index in [-0.39, 0.29) is 12.0 Å². The smallest absolute Gasteiger partial charge is 0.306 e. The molecule has 0 aromatic carbocycles. The normalized spacial score (nSPS) is 17.3. The molecule has 0 radical (unpaired) electrons. The topological polar surface area (TPSA) is 105 Å². The van der Waals surface area contributed by atoms with Crippen molar-refractivity contribution < 1.29 is 9.90 Å². The second kappa shape index (κ2) is 8.13. The number of rotatable bonds is 6. The summed E-state index contributed by atoms with van der Waals surface area (Å²) in [4.78, 5) is 17.8. The fourth-order valence-corrected chi connectivity index (χ4v) is 3.13. The Balaban J connectivity index is 1.50. The van der Waals surface area contributed by atoms with E-state index >= 15 is 0 Å². The highest BCUT2D eigenvalue weighted by Gasteiger charge is 2.24. The quantitative estimate of drug-likeness (QED) is 0.824. The molecule has 3 N–H and O–H groups in total. The van der Waals surface area contributed by atoms with Crippen molar-refractivity contribution in [2.24, 2.45) is 11.7 Å². The molecule has 0 bridgehead atoms. The van der Waals surface area contributed by atoms with Gasteiger partial charge in [0.15, 0.2) is 0 Å². The van der Waals surface area contributed by atoms with Gasteiger partial charge in [-0.25, -0.2) is 0 Å². The molecular weight excluding hydrogens is 318 g/mol. The molecular formula is C18H23N5O2. The summed E-state index contributed by atoms with van der Waals surface area (Å²) in [5, 5.41) is 16.7. The lowest BCUT2D eigenvalue weighted by atomic mass is 9.96. The first-order valence-corrected chi connectivity index (χ1v) is 8.57. The van der Waals surface area contributed by atoms with E-state index in [1.54, 1.807) is 12.4 Å². The standard InChI is InChI=1S/C18H23N5O2/c19-16(6-10-23-8-4-13(5-9-23)18(24)25)14-1-2-17(20-11-14)15-3-7-21-22-12-15/h1-3,7,11-13,16H,4-6,8-10,19H2,(H,24,25)/t16-/m1/s1. The minimum Gasteiger partial charge on any atom is -0.481 e. The van der Waals surface area contributed by atoms with E-state index in [9.17, 15) is 4.79 Å². The number of aromatic nitrogens is 3. The SMILES string of the molecule is N[C@H](CCN1CCC(C(=O)O)CC1)c1ccc(-c2ccnnc2)nc1. The number of likely N-dealkylation sites (tertiary alicyclic amines) is 1. The first-order valence-electron chi connectivity index (χ1n) is 8.57. The van der Waals surface area contributed by atoms with E-state index in [1.165, 1.54) is 0 Å². The van der Waals surface area contributed by atoms with Crippen LogP contribution in [0.2, 0.25) is 0 Å². The van der Waals surface area contributed by atoms with E-state index in [0.717, 1.165) is 55.7 Å². The Hall–Kier alpha value is -2.38. The van der Waals surface area contributed by atoms with E-state index in [2.05, 4.69) is 20.1 Å². The van der Waals surface area contributed by atoms with Gasteiger partial charge in [-0.3, -0.25) is 9.78 Å². The molecule has 25 heavy (non-hydrogen) atoms. The van der Waals surface area contributed by atoms with Crippen LogP contribution < -0.4 is 5.73 Å². The molecule has 1 aliphatic rings. The summed E-state index contributed by atoms with van der Waals surface area (Å²) in [5.74, 6) is -0.865. The summed E-state index contributed by atoms with van der Waals surface area (Å²) in [5.41, 5.74) is 9.07. The number of carboxylic acids is 1. The lowest BCUT2D eigenvalue weighted by Crippen LogP contribution is -2.37. The first-order chi connectivity index (χ1) is 12.1. The van der Waals surface area contributed by atoms with Crippen molar-refractivity contribution >= 4 is 5.97 Å². The van der Waals surface area contributed by atoms with Crippen molar-refractivity contribution in [1.29, 1.82) is 0 Å². The summed E-state index contributed by atoms with van der Waals surface area (Å²) in [7, 11) is 0.